The minimum absolute atomic E-state index is 0.222. The number of esters is 1. The van der Waals surface area contributed by atoms with Gasteiger partial charge in [-0.1, -0.05) is 0 Å². The molecule has 0 amide bonds. The van der Waals surface area contributed by atoms with Gasteiger partial charge in [0.2, 0.25) is 0 Å². The van der Waals surface area contributed by atoms with Gasteiger partial charge in [-0.2, -0.15) is 0 Å². The van der Waals surface area contributed by atoms with Crippen molar-refractivity contribution in [1.82, 2.24) is 0 Å². The third-order valence-electron chi connectivity index (χ3n) is 2.75. The van der Waals surface area contributed by atoms with Crippen LogP contribution in [0.5, 0.6) is 0 Å². The van der Waals surface area contributed by atoms with E-state index in [9.17, 15) is 4.79 Å². The number of carbonyl (C=O) groups excluding carboxylic acids is 1. The van der Waals surface area contributed by atoms with Gasteiger partial charge < -0.3 is 0 Å². The van der Waals surface area contributed by atoms with Crippen LogP contribution in [0.25, 0.3) is 5.57 Å². The van der Waals surface area contributed by atoms with Crippen LogP contribution in [0.3, 0.4) is 0 Å². The number of fused-ring (bicyclic) bond motifs is 1. The molecule has 0 radical (unpaired) electrons. The van der Waals surface area contributed by atoms with Gasteiger partial charge in [-0.25, -0.2) is 0 Å². The molecule has 0 saturated carbocycles. The van der Waals surface area contributed by atoms with E-state index in [0.29, 0.717) is 34.3 Å². The Balaban J connectivity index is 2.03. The van der Waals surface area contributed by atoms with Crippen molar-refractivity contribution in [1.29, 1.82) is 0 Å². The molecule has 0 aromatic carbocycles. The van der Waals surface area contributed by atoms with E-state index in [-0.39, 0.29) is 5.97 Å². The molecule has 5 heteroatoms. The molecule has 2 aromatic rings. The summed E-state index contributed by atoms with van der Waals surface area (Å²) in [7, 11) is 1.44. The molecular formula is C13H10O2SSe2. The fourth-order valence-corrected chi connectivity index (χ4v) is 7.92. The molecule has 0 saturated heterocycles. The Morgan fingerprint density at radius 3 is 2.94 bits per heavy atom. The average Bonchev–Trinajstić information content (AvgIpc) is 3.07. The number of thioether (sulfide) groups is 1. The van der Waals surface area contributed by atoms with Crippen molar-refractivity contribution in [3.05, 3.63) is 47.9 Å². The van der Waals surface area contributed by atoms with E-state index >= 15 is 0 Å². The summed E-state index contributed by atoms with van der Waals surface area (Å²) in [5.74, 6) is -0.222. The molecule has 0 bridgehead atoms. The van der Waals surface area contributed by atoms with Crippen LogP contribution in [-0.2, 0) is 9.53 Å². The van der Waals surface area contributed by atoms with Crippen LogP contribution in [0.2, 0.25) is 0 Å². The molecule has 1 aliphatic heterocycles. The molecule has 18 heavy (non-hydrogen) atoms. The summed E-state index contributed by atoms with van der Waals surface area (Å²) in [5, 5.41) is 2.41. The summed E-state index contributed by atoms with van der Waals surface area (Å²) in [5.41, 5.74) is 1.83. The summed E-state index contributed by atoms with van der Waals surface area (Å²) < 4.78 is 7.78. The number of methoxy groups -OCH3 is 1. The summed E-state index contributed by atoms with van der Waals surface area (Å²) in [6, 6.07) is 6.46. The second-order valence-electron chi connectivity index (χ2n) is 3.75. The van der Waals surface area contributed by atoms with Crippen LogP contribution in [0.15, 0.2) is 33.5 Å². The van der Waals surface area contributed by atoms with Gasteiger partial charge in [0.15, 0.2) is 0 Å². The van der Waals surface area contributed by atoms with E-state index in [0.717, 1.165) is 11.1 Å². The number of rotatable bonds is 2. The van der Waals surface area contributed by atoms with Gasteiger partial charge in [0.25, 0.3) is 0 Å². The summed E-state index contributed by atoms with van der Waals surface area (Å²) in [6.07, 6.45) is 0. The van der Waals surface area contributed by atoms with Crippen molar-refractivity contribution >= 4 is 52.3 Å². The van der Waals surface area contributed by atoms with Crippen LogP contribution in [0.4, 0.5) is 0 Å². The second kappa shape index (κ2) is 5.28. The zero-order chi connectivity index (χ0) is 12.5. The van der Waals surface area contributed by atoms with Crippen molar-refractivity contribution in [3.8, 4) is 0 Å². The Morgan fingerprint density at radius 2 is 2.22 bits per heavy atom. The quantitative estimate of drug-likeness (QED) is 0.583. The molecule has 92 valence electrons. The second-order valence-corrected chi connectivity index (χ2v) is 8.78. The topological polar surface area (TPSA) is 26.3 Å². The number of ether oxygens (including phenoxy) is 1. The first-order valence-corrected chi connectivity index (χ1v) is 9.99. The summed E-state index contributed by atoms with van der Waals surface area (Å²) >= 11 is 2.60. The first-order valence-electron chi connectivity index (χ1n) is 5.36. The van der Waals surface area contributed by atoms with E-state index in [2.05, 4.69) is 28.1 Å². The van der Waals surface area contributed by atoms with Gasteiger partial charge in [0, 0.05) is 0 Å². The molecule has 2 nitrogen and oxygen atoms in total. The van der Waals surface area contributed by atoms with E-state index in [1.807, 2.05) is 5.41 Å². The van der Waals surface area contributed by atoms with Crippen molar-refractivity contribution in [2.45, 2.75) is 5.25 Å². The molecular weight excluding hydrogens is 378 g/mol. The first kappa shape index (κ1) is 12.6. The van der Waals surface area contributed by atoms with Crippen LogP contribution < -0.4 is 0 Å². The maximum atomic E-state index is 11.7. The van der Waals surface area contributed by atoms with E-state index in [4.69, 9.17) is 4.74 Å². The number of hydrogen-bond acceptors (Lipinski definition) is 3. The van der Waals surface area contributed by atoms with Crippen molar-refractivity contribution in [2.75, 3.05) is 7.11 Å². The van der Waals surface area contributed by atoms with Gasteiger partial charge >= 0.3 is 122 Å². The predicted octanol–water partition coefficient (Wildman–Crippen LogP) is 2.15. The molecule has 3 rings (SSSR count). The first-order chi connectivity index (χ1) is 8.81. The van der Waals surface area contributed by atoms with Crippen molar-refractivity contribution in [3.63, 3.8) is 0 Å². The number of hydrogen-bond donors (Lipinski definition) is 0. The van der Waals surface area contributed by atoms with Crippen molar-refractivity contribution in [2.24, 2.45) is 0 Å². The predicted molar refractivity (Wildman–Crippen MR) is 76.2 cm³/mol. The third kappa shape index (κ3) is 2.11. The zero-order valence-corrected chi connectivity index (χ0v) is 13.8. The van der Waals surface area contributed by atoms with Gasteiger partial charge in [-0.3, -0.25) is 0 Å². The van der Waals surface area contributed by atoms with Gasteiger partial charge in [-0.05, 0) is 0 Å². The van der Waals surface area contributed by atoms with E-state index < -0.39 is 0 Å². The standard InChI is InChI=1S/C13H10O2SSe2/c1-15-13(14)9-7-16-11(10-3-2-5-17-10)12-8(9)4-6-18-12/h2-7,11H,1H3. The Bertz CT molecular complexity index is 598. The van der Waals surface area contributed by atoms with Crippen LogP contribution >= 0.6 is 11.8 Å². The van der Waals surface area contributed by atoms with Gasteiger partial charge in [0.1, 0.15) is 0 Å². The molecule has 1 unspecified atom stereocenters. The van der Waals surface area contributed by atoms with Gasteiger partial charge in [0.05, 0.1) is 0 Å². The Labute approximate surface area is 122 Å². The molecule has 0 aliphatic carbocycles. The number of carbonyl (C=O) groups is 1. The van der Waals surface area contributed by atoms with Crippen LogP contribution in [-0.4, -0.2) is 42.1 Å². The molecule has 1 atom stereocenters. The average molecular weight is 388 g/mol. The normalized spacial score (nSPS) is 18.1. The molecule has 3 heterocycles. The van der Waals surface area contributed by atoms with Crippen LogP contribution in [0, 0.1) is 0 Å². The minimum atomic E-state index is -0.222. The summed E-state index contributed by atoms with van der Waals surface area (Å²) in [6.45, 7) is 0. The fraction of sp³-hybridized carbons (Fsp3) is 0.154. The van der Waals surface area contributed by atoms with Gasteiger partial charge in [-0.15, -0.1) is 0 Å². The monoisotopic (exact) mass is 390 g/mol. The Hall–Kier alpha value is -0.441. The maximum absolute atomic E-state index is 11.7. The molecule has 1 aliphatic rings. The molecule has 0 spiro atoms. The molecule has 0 N–H and O–H groups in total. The Morgan fingerprint density at radius 1 is 1.33 bits per heavy atom. The SMILES string of the molecule is COC(=O)C1=CSC(c2ccc[se]2)c2[se]ccc21. The van der Waals surface area contributed by atoms with E-state index in [1.54, 1.807) is 11.8 Å². The molecule has 0 fully saturated rings. The Kier molecular flexibility index (Phi) is 3.69. The summed E-state index contributed by atoms with van der Waals surface area (Å²) in [4.78, 5) is 16.2. The van der Waals surface area contributed by atoms with E-state index in [1.165, 1.54) is 16.0 Å². The van der Waals surface area contributed by atoms with Crippen molar-refractivity contribution < 1.29 is 9.53 Å². The molecule has 2 aromatic heterocycles. The van der Waals surface area contributed by atoms with Crippen LogP contribution in [0.1, 0.15) is 19.7 Å². The zero-order valence-electron chi connectivity index (χ0n) is 9.58. The third-order valence-corrected chi connectivity index (χ3v) is 8.59. The fourth-order valence-electron chi connectivity index (χ4n) is 1.91.